The van der Waals surface area contributed by atoms with Gasteiger partial charge in [-0.1, -0.05) is 35.9 Å². The molecule has 0 spiro atoms. The van der Waals surface area contributed by atoms with E-state index in [0.29, 0.717) is 33.2 Å². The molecule has 0 aromatic heterocycles. The Kier molecular flexibility index (Phi) is 9.62. The molecule has 0 aliphatic carbocycles. The monoisotopic (exact) mass is 538 g/mol. The highest BCUT2D eigenvalue weighted by Gasteiger charge is 2.29. The number of urea groups is 1. The maximum Gasteiger partial charge on any atom is 0.416 e. The fourth-order valence-electron chi connectivity index (χ4n) is 3.39. The van der Waals surface area contributed by atoms with E-state index in [0.717, 1.165) is 17.7 Å². The van der Waals surface area contributed by atoms with E-state index in [-0.39, 0.29) is 19.7 Å². The van der Waals surface area contributed by atoms with Gasteiger partial charge in [-0.25, -0.2) is 4.79 Å². The number of alkyl halides is 3. The zero-order chi connectivity index (χ0) is 27.0. The number of benzene rings is 3. The van der Waals surface area contributed by atoms with Crippen molar-refractivity contribution in [1.82, 2.24) is 10.6 Å². The van der Waals surface area contributed by atoms with Crippen molar-refractivity contribution in [2.75, 3.05) is 20.3 Å². The predicted molar refractivity (Wildman–Crippen MR) is 133 cm³/mol. The molecular formula is C26H26ClF3N2O5. The first-order chi connectivity index (χ1) is 17.6. The van der Waals surface area contributed by atoms with Crippen molar-refractivity contribution in [3.8, 4) is 22.6 Å². The summed E-state index contributed by atoms with van der Waals surface area (Å²) < 4.78 is 49.2. The number of halogens is 4. The molecule has 0 saturated heterocycles. The number of hydrogen-bond donors (Lipinski definition) is 4. The average Bonchev–Trinajstić information content (AvgIpc) is 2.89. The Hall–Kier alpha value is -3.47. The molecule has 0 unspecified atom stereocenters. The maximum absolute atomic E-state index is 12.7. The smallest absolute Gasteiger partial charge is 0.416 e. The standard InChI is InChI=1S/C26H26ClF3N2O5/c1-36-23-10-18(13-32-25(35)31-12-16-2-6-19(7-3-16)26(28,29)30)22(17-4-8-20(27)9-5-17)11-24(23)37-15-21(34)14-33/h2-11,21,33-34H,12-15H2,1H3,(H2,31,32,35)/t21-/m1/s1. The van der Waals surface area contributed by atoms with Crippen molar-refractivity contribution in [3.63, 3.8) is 0 Å². The summed E-state index contributed by atoms with van der Waals surface area (Å²) in [5, 5.41) is 24.6. The lowest BCUT2D eigenvalue weighted by Gasteiger charge is -2.18. The number of methoxy groups -OCH3 is 1. The summed E-state index contributed by atoms with van der Waals surface area (Å²) in [6.45, 7) is -0.489. The number of nitrogens with one attached hydrogen (secondary N) is 2. The van der Waals surface area contributed by atoms with E-state index in [1.165, 1.54) is 19.2 Å². The third-order valence-corrected chi connectivity index (χ3v) is 5.61. The summed E-state index contributed by atoms with van der Waals surface area (Å²) in [5.74, 6) is 0.681. The number of carbonyl (C=O) groups excluding carboxylic acids is 1. The Labute approximate surface area is 216 Å². The first-order valence-corrected chi connectivity index (χ1v) is 11.5. The van der Waals surface area contributed by atoms with Gasteiger partial charge in [0.05, 0.1) is 19.3 Å². The number of aliphatic hydroxyl groups excluding tert-OH is 2. The van der Waals surface area contributed by atoms with Gasteiger partial charge in [-0.05, 0) is 58.7 Å². The molecule has 3 aromatic rings. The first kappa shape index (κ1) is 28.1. The Bertz CT molecular complexity index is 1190. The van der Waals surface area contributed by atoms with Crippen molar-refractivity contribution < 1.29 is 37.7 Å². The summed E-state index contributed by atoms with van der Waals surface area (Å²) in [6.07, 6.45) is -5.50. The highest BCUT2D eigenvalue weighted by Crippen LogP contribution is 2.36. The van der Waals surface area contributed by atoms with Gasteiger partial charge < -0.3 is 30.3 Å². The van der Waals surface area contributed by atoms with Gasteiger partial charge in [0.25, 0.3) is 0 Å². The van der Waals surface area contributed by atoms with Crippen LogP contribution in [-0.2, 0) is 19.3 Å². The summed E-state index contributed by atoms with van der Waals surface area (Å²) in [6, 6.07) is 14.4. The van der Waals surface area contributed by atoms with E-state index in [2.05, 4.69) is 10.6 Å². The summed E-state index contributed by atoms with van der Waals surface area (Å²) in [4.78, 5) is 12.4. The van der Waals surface area contributed by atoms with Crippen LogP contribution in [0, 0.1) is 0 Å². The summed E-state index contributed by atoms with van der Waals surface area (Å²) >= 11 is 6.02. The molecule has 0 aliphatic heterocycles. The van der Waals surface area contributed by atoms with Crippen molar-refractivity contribution >= 4 is 17.6 Å². The minimum atomic E-state index is -4.43. The molecule has 1 atom stereocenters. The molecule has 0 aliphatic rings. The van der Waals surface area contributed by atoms with E-state index in [9.17, 15) is 23.1 Å². The van der Waals surface area contributed by atoms with E-state index in [1.807, 2.05) is 0 Å². The molecular weight excluding hydrogens is 513 g/mol. The van der Waals surface area contributed by atoms with Crippen molar-refractivity contribution in [2.24, 2.45) is 0 Å². The fourth-order valence-corrected chi connectivity index (χ4v) is 3.52. The van der Waals surface area contributed by atoms with Crippen LogP contribution in [0.25, 0.3) is 11.1 Å². The number of amides is 2. The van der Waals surface area contributed by atoms with Crippen LogP contribution in [-0.4, -0.2) is 42.7 Å². The number of rotatable bonds is 10. The topological polar surface area (TPSA) is 100 Å². The third-order valence-electron chi connectivity index (χ3n) is 5.36. The van der Waals surface area contributed by atoms with Gasteiger partial charge in [0.15, 0.2) is 11.5 Å². The maximum atomic E-state index is 12.7. The fraction of sp³-hybridized carbons (Fsp3) is 0.269. The second-order valence-electron chi connectivity index (χ2n) is 8.05. The van der Waals surface area contributed by atoms with Gasteiger partial charge in [-0.15, -0.1) is 0 Å². The normalized spacial score (nSPS) is 12.1. The lowest BCUT2D eigenvalue weighted by Crippen LogP contribution is -2.34. The van der Waals surface area contributed by atoms with Crippen LogP contribution < -0.4 is 20.1 Å². The third kappa shape index (κ3) is 8.01. The second-order valence-corrected chi connectivity index (χ2v) is 8.48. The van der Waals surface area contributed by atoms with Crippen LogP contribution in [0.2, 0.25) is 5.02 Å². The molecule has 4 N–H and O–H groups in total. The quantitative estimate of drug-likeness (QED) is 0.298. The highest BCUT2D eigenvalue weighted by atomic mass is 35.5. The van der Waals surface area contributed by atoms with Gasteiger partial charge in [0, 0.05) is 18.1 Å². The minimum absolute atomic E-state index is 0.0390. The molecule has 0 heterocycles. The molecule has 3 rings (SSSR count). The Morgan fingerprint density at radius 3 is 2.24 bits per heavy atom. The van der Waals surface area contributed by atoms with Crippen LogP contribution in [0.4, 0.5) is 18.0 Å². The van der Waals surface area contributed by atoms with E-state index in [1.54, 1.807) is 36.4 Å². The van der Waals surface area contributed by atoms with E-state index < -0.39 is 30.5 Å². The lowest BCUT2D eigenvalue weighted by molar-refractivity contribution is -0.137. The Morgan fingerprint density at radius 2 is 1.65 bits per heavy atom. The molecule has 0 saturated carbocycles. The van der Waals surface area contributed by atoms with Gasteiger partial charge in [0.1, 0.15) is 12.7 Å². The van der Waals surface area contributed by atoms with Crippen molar-refractivity contribution in [3.05, 3.63) is 82.4 Å². The Balaban J connectivity index is 1.74. The van der Waals surface area contributed by atoms with Crippen LogP contribution in [0.5, 0.6) is 11.5 Å². The van der Waals surface area contributed by atoms with Gasteiger partial charge in [-0.2, -0.15) is 13.2 Å². The van der Waals surface area contributed by atoms with E-state index >= 15 is 0 Å². The molecule has 11 heteroatoms. The van der Waals surface area contributed by atoms with Crippen LogP contribution in [0.1, 0.15) is 16.7 Å². The molecule has 3 aromatic carbocycles. The molecule has 7 nitrogen and oxygen atoms in total. The average molecular weight is 539 g/mol. The molecule has 198 valence electrons. The van der Waals surface area contributed by atoms with Crippen LogP contribution in [0.3, 0.4) is 0 Å². The Morgan fingerprint density at radius 1 is 1.00 bits per heavy atom. The van der Waals surface area contributed by atoms with Crippen LogP contribution in [0.15, 0.2) is 60.7 Å². The lowest BCUT2D eigenvalue weighted by atomic mass is 9.98. The zero-order valence-electron chi connectivity index (χ0n) is 19.8. The number of ether oxygens (including phenoxy) is 2. The predicted octanol–water partition coefficient (Wildman–Crippen LogP) is 4.77. The molecule has 0 bridgehead atoms. The first-order valence-electron chi connectivity index (χ1n) is 11.2. The summed E-state index contributed by atoms with van der Waals surface area (Å²) in [5.41, 5.74) is 1.91. The number of aliphatic hydroxyl groups is 2. The minimum Gasteiger partial charge on any atom is -0.493 e. The van der Waals surface area contributed by atoms with E-state index in [4.69, 9.17) is 26.2 Å². The SMILES string of the molecule is COc1cc(CNC(=O)NCc2ccc(C(F)(F)F)cc2)c(-c2ccc(Cl)cc2)cc1OC[C@H](O)CO. The van der Waals surface area contributed by atoms with Crippen molar-refractivity contribution in [1.29, 1.82) is 0 Å². The molecule has 0 fully saturated rings. The number of hydrogen-bond acceptors (Lipinski definition) is 5. The largest absolute Gasteiger partial charge is 0.493 e. The molecule has 2 amide bonds. The second kappa shape index (κ2) is 12.7. The zero-order valence-corrected chi connectivity index (χ0v) is 20.6. The van der Waals surface area contributed by atoms with Gasteiger partial charge in [0.2, 0.25) is 0 Å². The van der Waals surface area contributed by atoms with Gasteiger partial charge >= 0.3 is 12.2 Å². The van der Waals surface area contributed by atoms with Crippen LogP contribution >= 0.6 is 11.6 Å². The molecule has 37 heavy (non-hydrogen) atoms. The van der Waals surface area contributed by atoms with Gasteiger partial charge in [-0.3, -0.25) is 0 Å². The molecule has 0 radical (unpaired) electrons. The summed E-state index contributed by atoms with van der Waals surface area (Å²) in [7, 11) is 1.45. The number of carbonyl (C=O) groups is 1. The van der Waals surface area contributed by atoms with Crippen molar-refractivity contribution in [2.45, 2.75) is 25.4 Å². The highest BCUT2D eigenvalue weighted by molar-refractivity contribution is 6.30.